The molecule has 0 aliphatic carbocycles. The molecule has 2 aromatic carbocycles. The van der Waals surface area contributed by atoms with E-state index in [0.717, 1.165) is 22.3 Å². The van der Waals surface area contributed by atoms with Gasteiger partial charge in [-0.15, -0.1) is 0 Å². The van der Waals surface area contributed by atoms with Gasteiger partial charge in [0.1, 0.15) is 18.7 Å². The monoisotopic (exact) mass is 438 g/mol. The highest BCUT2D eigenvalue weighted by atomic mass is 16.6. The largest absolute Gasteiger partial charge is 0.467 e. The predicted octanol–water partition coefficient (Wildman–Crippen LogP) is 3.30. The van der Waals surface area contributed by atoms with E-state index in [-0.39, 0.29) is 12.5 Å². The van der Waals surface area contributed by atoms with Gasteiger partial charge >= 0.3 is 12.1 Å². The van der Waals surface area contributed by atoms with E-state index < -0.39 is 24.1 Å². The lowest BCUT2D eigenvalue weighted by atomic mass is 10.0. The zero-order chi connectivity index (χ0) is 23.1. The van der Waals surface area contributed by atoms with Crippen LogP contribution >= 0.6 is 0 Å². The first-order chi connectivity index (χ1) is 15.4. The van der Waals surface area contributed by atoms with E-state index in [2.05, 4.69) is 5.32 Å². The van der Waals surface area contributed by atoms with E-state index in [4.69, 9.17) is 9.47 Å². The third kappa shape index (κ3) is 5.87. The maximum atomic E-state index is 13.0. The smallest absolute Gasteiger partial charge is 0.410 e. The van der Waals surface area contributed by atoms with Crippen LogP contribution in [0, 0.1) is 13.8 Å². The summed E-state index contributed by atoms with van der Waals surface area (Å²) < 4.78 is 10.3. The van der Waals surface area contributed by atoms with Crippen LogP contribution in [0.15, 0.2) is 48.5 Å². The number of likely N-dealkylation sites (tertiary alicyclic amines) is 1. The summed E-state index contributed by atoms with van der Waals surface area (Å²) in [5.74, 6) is -0.897. The van der Waals surface area contributed by atoms with E-state index in [1.54, 1.807) is 0 Å². The fourth-order valence-corrected chi connectivity index (χ4v) is 3.83. The lowest BCUT2D eigenvalue weighted by Gasteiger charge is -2.25. The number of esters is 1. The van der Waals surface area contributed by atoms with Gasteiger partial charge in [-0.1, -0.05) is 48.5 Å². The molecule has 1 aliphatic heterocycles. The standard InChI is InChI=1S/C25H30N2O5/c1-17-11-12-20(14-18(17)2)15-21(24(29)31-3)26-23(28)22-10-7-13-27(22)25(30)32-16-19-8-5-4-6-9-19/h4-6,8-9,11-12,14,21-22H,7,10,13,15-16H2,1-3H3,(H,26,28)/t21-,22+/m0/s1. The Kier molecular flexibility index (Phi) is 7.87. The zero-order valence-corrected chi connectivity index (χ0v) is 18.8. The molecule has 32 heavy (non-hydrogen) atoms. The van der Waals surface area contributed by atoms with Crippen molar-refractivity contribution in [3.63, 3.8) is 0 Å². The van der Waals surface area contributed by atoms with E-state index >= 15 is 0 Å². The van der Waals surface area contributed by atoms with Gasteiger partial charge in [0.05, 0.1) is 7.11 Å². The summed E-state index contributed by atoms with van der Waals surface area (Å²) in [6.07, 6.45) is 0.989. The molecule has 1 aliphatic rings. The summed E-state index contributed by atoms with van der Waals surface area (Å²) in [6.45, 7) is 4.60. The highest BCUT2D eigenvalue weighted by Crippen LogP contribution is 2.20. The molecule has 1 fully saturated rings. The van der Waals surface area contributed by atoms with Crippen LogP contribution in [0.3, 0.4) is 0 Å². The van der Waals surface area contributed by atoms with Crippen molar-refractivity contribution >= 4 is 18.0 Å². The fraction of sp³-hybridized carbons (Fsp3) is 0.400. The van der Waals surface area contributed by atoms with Crippen LogP contribution in [0.4, 0.5) is 4.79 Å². The Hall–Kier alpha value is -3.35. The molecule has 1 N–H and O–H groups in total. The number of hydrogen-bond donors (Lipinski definition) is 1. The molecule has 170 valence electrons. The number of carbonyl (C=O) groups excluding carboxylic acids is 3. The minimum Gasteiger partial charge on any atom is -0.467 e. The number of amides is 2. The molecular formula is C25H30N2O5. The van der Waals surface area contributed by atoms with Crippen LogP contribution in [0.25, 0.3) is 0 Å². The van der Waals surface area contributed by atoms with Crippen molar-refractivity contribution in [2.24, 2.45) is 0 Å². The minimum atomic E-state index is -0.836. The molecule has 0 aromatic heterocycles. The van der Waals surface area contributed by atoms with Gasteiger partial charge in [-0.05, 0) is 48.9 Å². The Bertz CT molecular complexity index is 960. The fourth-order valence-electron chi connectivity index (χ4n) is 3.83. The summed E-state index contributed by atoms with van der Waals surface area (Å²) >= 11 is 0. The molecule has 0 radical (unpaired) electrons. The molecule has 0 saturated carbocycles. The quantitative estimate of drug-likeness (QED) is 0.671. The van der Waals surface area contributed by atoms with Gasteiger partial charge < -0.3 is 14.8 Å². The maximum absolute atomic E-state index is 13.0. The topological polar surface area (TPSA) is 84.9 Å². The molecule has 3 rings (SSSR count). The van der Waals surface area contributed by atoms with Gasteiger partial charge in [0.25, 0.3) is 0 Å². The Morgan fingerprint density at radius 1 is 1.06 bits per heavy atom. The second-order valence-electron chi connectivity index (χ2n) is 8.10. The second-order valence-corrected chi connectivity index (χ2v) is 8.10. The molecule has 2 amide bonds. The molecule has 0 spiro atoms. The molecule has 2 aromatic rings. The van der Waals surface area contributed by atoms with E-state index in [9.17, 15) is 14.4 Å². The number of nitrogens with one attached hydrogen (secondary N) is 1. The number of rotatable bonds is 7. The molecule has 7 heteroatoms. The zero-order valence-electron chi connectivity index (χ0n) is 18.8. The Balaban J connectivity index is 1.64. The van der Waals surface area contributed by atoms with E-state index in [1.807, 2.05) is 62.4 Å². The minimum absolute atomic E-state index is 0.141. The SMILES string of the molecule is COC(=O)[C@H](Cc1ccc(C)c(C)c1)NC(=O)[C@H]1CCCN1C(=O)OCc1ccccc1. The van der Waals surface area contributed by atoms with Gasteiger partial charge in [-0.3, -0.25) is 9.69 Å². The molecule has 0 bridgehead atoms. The van der Waals surface area contributed by atoms with Crippen molar-refractivity contribution < 1.29 is 23.9 Å². The molecule has 2 atom stereocenters. The predicted molar refractivity (Wildman–Crippen MR) is 120 cm³/mol. The highest BCUT2D eigenvalue weighted by molar-refractivity contribution is 5.90. The Morgan fingerprint density at radius 3 is 2.50 bits per heavy atom. The van der Waals surface area contributed by atoms with Gasteiger partial charge in [0.15, 0.2) is 0 Å². The van der Waals surface area contributed by atoms with Crippen LogP contribution in [0.1, 0.15) is 35.1 Å². The summed E-state index contributed by atoms with van der Waals surface area (Å²) in [6, 6.07) is 13.8. The first kappa shape index (κ1) is 23.3. The van der Waals surface area contributed by atoms with Crippen molar-refractivity contribution in [2.75, 3.05) is 13.7 Å². The van der Waals surface area contributed by atoms with Crippen molar-refractivity contribution in [2.45, 2.75) is 51.8 Å². The summed E-state index contributed by atoms with van der Waals surface area (Å²) in [5.41, 5.74) is 4.07. The van der Waals surface area contributed by atoms with E-state index in [1.165, 1.54) is 12.0 Å². The number of nitrogens with zero attached hydrogens (tertiary/aromatic N) is 1. The average Bonchev–Trinajstić information content (AvgIpc) is 3.30. The number of methoxy groups -OCH3 is 1. The Labute approximate surface area is 188 Å². The molecule has 1 saturated heterocycles. The number of ether oxygens (including phenoxy) is 2. The van der Waals surface area contributed by atoms with Crippen molar-refractivity contribution in [1.29, 1.82) is 0 Å². The first-order valence-corrected chi connectivity index (χ1v) is 10.8. The third-order valence-corrected chi connectivity index (χ3v) is 5.81. The molecule has 0 unspecified atom stereocenters. The number of hydrogen-bond acceptors (Lipinski definition) is 5. The summed E-state index contributed by atoms with van der Waals surface area (Å²) in [5, 5.41) is 2.79. The number of aryl methyl sites for hydroxylation is 2. The maximum Gasteiger partial charge on any atom is 0.410 e. The molecule has 7 nitrogen and oxygen atoms in total. The van der Waals surface area contributed by atoms with Gasteiger partial charge in [-0.25, -0.2) is 9.59 Å². The molecular weight excluding hydrogens is 408 g/mol. The average molecular weight is 439 g/mol. The van der Waals surface area contributed by atoms with Crippen molar-refractivity contribution in [3.8, 4) is 0 Å². The second kappa shape index (κ2) is 10.8. The van der Waals surface area contributed by atoms with Crippen molar-refractivity contribution in [1.82, 2.24) is 10.2 Å². The highest BCUT2D eigenvalue weighted by Gasteiger charge is 2.37. The van der Waals surface area contributed by atoms with Crippen LogP contribution in [0.2, 0.25) is 0 Å². The lowest BCUT2D eigenvalue weighted by molar-refractivity contribution is -0.145. The number of carbonyl (C=O) groups is 3. The summed E-state index contributed by atoms with van der Waals surface area (Å²) in [7, 11) is 1.30. The van der Waals surface area contributed by atoms with Crippen molar-refractivity contribution in [3.05, 3.63) is 70.8 Å². The normalized spacial score (nSPS) is 16.3. The number of benzene rings is 2. The van der Waals surface area contributed by atoms with Crippen LogP contribution in [-0.2, 0) is 32.1 Å². The Morgan fingerprint density at radius 2 is 1.81 bits per heavy atom. The van der Waals surface area contributed by atoms with Gasteiger partial charge in [0, 0.05) is 13.0 Å². The van der Waals surface area contributed by atoms with Gasteiger partial charge in [-0.2, -0.15) is 0 Å². The van der Waals surface area contributed by atoms with E-state index in [0.29, 0.717) is 25.8 Å². The first-order valence-electron chi connectivity index (χ1n) is 10.8. The summed E-state index contributed by atoms with van der Waals surface area (Å²) in [4.78, 5) is 39.4. The van der Waals surface area contributed by atoms with Crippen LogP contribution in [0.5, 0.6) is 0 Å². The van der Waals surface area contributed by atoms with Crippen LogP contribution in [-0.4, -0.2) is 48.6 Å². The lowest BCUT2D eigenvalue weighted by Crippen LogP contribution is -2.51. The molecule has 1 heterocycles. The third-order valence-electron chi connectivity index (χ3n) is 5.81. The van der Waals surface area contributed by atoms with Crippen LogP contribution < -0.4 is 5.32 Å². The van der Waals surface area contributed by atoms with Gasteiger partial charge in [0.2, 0.25) is 5.91 Å².